The molecular formula is C15H16N2OS. The first-order chi connectivity index (χ1) is 9.20. The van der Waals surface area contributed by atoms with E-state index in [2.05, 4.69) is 16.9 Å². The van der Waals surface area contributed by atoms with Crippen molar-refractivity contribution in [2.75, 3.05) is 6.54 Å². The fourth-order valence-electron chi connectivity index (χ4n) is 1.69. The number of aromatic nitrogens is 1. The summed E-state index contributed by atoms with van der Waals surface area (Å²) < 4.78 is 0. The summed E-state index contributed by atoms with van der Waals surface area (Å²) in [7, 11) is 0. The molecule has 0 spiro atoms. The van der Waals surface area contributed by atoms with Gasteiger partial charge in [-0.05, 0) is 6.92 Å². The highest BCUT2D eigenvalue weighted by molar-refractivity contribution is 7.15. The molecule has 0 bridgehead atoms. The Morgan fingerprint density at radius 3 is 2.84 bits per heavy atom. The highest BCUT2D eigenvalue weighted by Crippen LogP contribution is 2.27. The van der Waals surface area contributed by atoms with Gasteiger partial charge < -0.3 is 5.32 Å². The molecule has 98 valence electrons. The Kier molecular flexibility index (Phi) is 4.47. The van der Waals surface area contributed by atoms with Crippen LogP contribution >= 0.6 is 11.3 Å². The molecule has 0 aliphatic heterocycles. The lowest BCUT2D eigenvalue weighted by Crippen LogP contribution is -2.24. The lowest BCUT2D eigenvalue weighted by atomic mass is 10.2. The van der Waals surface area contributed by atoms with Crippen LogP contribution in [-0.4, -0.2) is 17.4 Å². The van der Waals surface area contributed by atoms with Gasteiger partial charge >= 0.3 is 0 Å². The quantitative estimate of drug-likeness (QED) is 0.850. The second kappa shape index (κ2) is 6.29. The summed E-state index contributed by atoms with van der Waals surface area (Å²) in [5.41, 5.74) is 2.02. The molecule has 1 aromatic heterocycles. The van der Waals surface area contributed by atoms with Gasteiger partial charge in [0.15, 0.2) is 0 Å². The van der Waals surface area contributed by atoms with Crippen LogP contribution in [0.1, 0.15) is 10.6 Å². The summed E-state index contributed by atoms with van der Waals surface area (Å²) in [5, 5.41) is 3.74. The zero-order chi connectivity index (χ0) is 13.7. The Bertz CT molecular complexity index is 575. The first-order valence-corrected chi connectivity index (χ1v) is 6.91. The number of amides is 1. The predicted octanol–water partition coefficient (Wildman–Crippen LogP) is 2.96. The Labute approximate surface area is 117 Å². The summed E-state index contributed by atoms with van der Waals surface area (Å²) in [4.78, 5) is 17.2. The SMILES string of the molecule is C=CCNC(=O)Cc1sc(-c2ccccc2)nc1C. The predicted molar refractivity (Wildman–Crippen MR) is 79.2 cm³/mol. The smallest absolute Gasteiger partial charge is 0.225 e. The fraction of sp³-hybridized carbons (Fsp3) is 0.200. The van der Waals surface area contributed by atoms with Crippen molar-refractivity contribution in [1.29, 1.82) is 0 Å². The third kappa shape index (κ3) is 3.51. The van der Waals surface area contributed by atoms with Crippen molar-refractivity contribution in [3.05, 3.63) is 53.6 Å². The lowest BCUT2D eigenvalue weighted by molar-refractivity contribution is -0.120. The molecule has 1 N–H and O–H groups in total. The van der Waals surface area contributed by atoms with Gasteiger partial charge in [-0.3, -0.25) is 4.79 Å². The second-order valence-corrected chi connectivity index (χ2v) is 5.25. The van der Waals surface area contributed by atoms with E-state index < -0.39 is 0 Å². The molecule has 0 radical (unpaired) electrons. The summed E-state index contributed by atoms with van der Waals surface area (Å²) in [6.45, 7) is 6.02. The van der Waals surface area contributed by atoms with Crippen LogP contribution in [0.2, 0.25) is 0 Å². The molecule has 19 heavy (non-hydrogen) atoms. The Hall–Kier alpha value is -1.94. The number of hydrogen-bond acceptors (Lipinski definition) is 3. The van der Waals surface area contributed by atoms with Crippen molar-refractivity contribution in [2.24, 2.45) is 0 Å². The molecule has 0 saturated heterocycles. The number of nitrogens with one attached hydrogen (secondary N) is 1. The second-order valence-electron chi connectivity index (χ2n) is 4.16. The molecule has 0 aliphatic rings. The van der Waals surface area contributed by atoms with Crippen LogP contribution in [0.15, 0.2) is 43.0 Å². The highest BCUT2D eigenvalue weighted by Gasteiger charge is 2.12. The van der Waals surface area contributed by atoms with Gasteiger partial charge in [-0.2, -0.15) is 0 Å². The van der Waals surface area contributed by atoms with E-state index in [-0.39, 0.29) is 5.91 Å². The molecule has 0 aliphatic carbocycles. The molecular weight excluding hydrogens is 256 g/mol. The third-order valence-electron chi connectivity index (χ3n) is 2.68. The van der Waals surface area contributed by atoms with E-state index in [4.69, 9.17) is 0 Å². The molecule has 1 heterocycles. The topological polar surface area (TPSA) is 42.0 Å². The van der Waals surface area contributed by atoms with E-state index in [1.54, 1.807) is 17.4 Å². The number of thiazole rings is 1. The Morgan fingerprint density at radius 1 is 1.42 bits per heavy atom. The zero-order valence-electron chi connectivity index (χ0n) is 10.8. The minimum Gasteiger partial charge on any atom is -0.352 e. The van der Waals surface area contributed by atoms with Crippen LogP contribution in [0.25, 0.3) is 10.6 Å². The monoisotopic (exact) mass is 272 g/mol. The molecule has 1 amide bonds. The van der Waals surface area contributed by atoms with Crippen LogP contribution in [0.5, 0.6) is 0 Å². The number of rotatable bonds is 5. The first kappa shape index (κ1) is 13.5. The summed E-state index contributed by atoms with van der Waals surface area (Å²) in [5.74, 6) is 0.00580. The summed E-state index contributed by atoms with van der Waals surface area (Å²) in [6.07, 6.45) is 2.05. The fourth-order valence-corrected chi connectivity index (χ4v) is 2.76. The average Bonchev–Trinajstić information content (AvgIpc) is 2.79. The maximum absolute atomic E-state index is 11.7. The molecule has 3 nitrogen and oxygen atoms in total. The van der Waals surface area contributed by atoms with Crippen molar-refractivity contribution in [3.8, 4) is 10.6 Å². The standard InChI is InChI=1S/C15H16N2OS/c1-3-9-16-14(18)10-13-11(2)17-15(19-13)12-7-5-4-6-8-12/h3-8H,1,9-10H2,2H3,(H,16,18). The van der Waals surface area contributed by atoms with Crippen LogP contribution in [-0.2, 0) is 11.2 Å². The minimum atomic E-state index is 0.00580. The minimum absolute atomic E-state index is 0.00580. The van der Waals surface area contributed by atoms with E-state index in [1.807, 2.05) is 37.3 Å². The van der Waals surface area contributed by atoms with Crippen LogP contribution in [0.3, 0.4) is 0 Å². The maximum atomic E-state index is 11.7. The summed E-state index contributed by atoms with van der Waals surface area (Å²) >= 11 is 1.58. The molecule has 0 fully saturated rings. The van der Waals surface area contributed by atoms with E-state index in [9.17, 15) is 4.79 Å². The van der Waals surface area contributed by atoms with E-state index in [1.165, 1.54) is 0 Å². The third-order valence-corrected chi connectivity index (χ3v) is 3.88. The van der Waals surface area contributed by atoms with Crippen molar-refractivity contribution in [3.63, 3.8) is 0 Å². The van der Waals surface area contributed by atoms with Crippen LogP contribution in [0.4, 0.5) is 0 Å². The number of carbonyl (C=O) groups is 1. The number of aryl methyl sites for hydroxylation is 1. The molecule has 1 aromatic carbocycles. The van der Waals surface area contributed by atoms with Gasteiger partial charge in [0.05, 0.1) is 12.1 Å². The zero-order valence-corrected chi connectivity index (χ0v) is 11.7. The number of hydrogen-bond donors (Lipinski definition) is 1. The molecule has 4 heteroatoms. The lowest BCUT2D eigenvalue weighted by Gasteiger charge is -2.00. The summed E-state index contributed by atoms with van der Waals surface area (Å²) in [6, 6.07) is 10.0. The van der Waals surface area contributed by atoms with Crippen LogP contribution in [0, 0.1) is 6.92 Å². The molecule has 0 saturated carbocycles. The van der Waals surface area contributed by atoms with Gasteiger partial charge in [0.1, 0.15) is 5.01 Å². The molecule has 2 rings (SSSR count). The van der Waals surface area contributed by atoms with Crippen molar-refractivity contribution in [1.82, 2.24) is 10.3 Å². The van der Waals surface area contributed by atoms with Gasteiger partial charge in [0.2, 0.25) is 5.91 Å². The van der Waals surface area contributed by atoms with Gasteiger partial charge in [0.25, 0.3) is 0 Å². The van der Waals surface area contributed by atoms with Gasteiger partial charge in [-0.25, -0.2) is 4.98 Å². The average molecular weight is 272 g/mol. The normalized spacial score (nSPS) is 10.2. The number of benzene rings is 1. The van der Waals surface area contributed by atoms with Crippen molar-refractivity contribution >= 4 is 17.2 Å². The Balaban J connectivity index is 2.13. The van der Waals surface area contributed by atoms with Crippen molar-refractivity contribution in [2.45, 2.75) is 13.3 Å². The first-order valence-electron chi connectivity index (χ1n) is 6.10. The van der Waals surface area contributed by atoms with Crippen molar-refractivity contribution < 1.29 is 4.79 Å². The van der Waals surface area contributed by atoms with Crippen LogP contribution < -0.4 is 5.32 Å². The molecule has 0 unspecified atom stereocenters. The number of nitrogens with zero attached hydrogens (tertiary/aromatic N) is 1. The van der Waals surface area contributed by atoms with Gasteiger partial charge in [0, 0.05) is 17.0 Å². The largest absolute Gasteiger partial charge is 0.352 e. The number of carbonyl (C=O) groups excluding carboxylic acids is 1. The molecule has 2 aromatic rings. The van der Waals surface area contributed by atoms with E-state index >= 15 is 0 Å². The van der Waals surface area contributed by atoms with E-state index in [0.29, 0.717) is 13.0 Å². The maximum Gasteiger partial charge on any atom is 0.225 e. The highest BCUT2D eigenvalue weighted by atomic mass is 32.1. The van der Waals surface area contributed by atoms with Gasteiger partial charge in [-0.1, -0.05) is 36.4 Å². The Morgan fingerprint density at radius 2 is 2.16 bits per heavy atom. The van der Waals surface area contributed by atoms with Gasteiger partial charge in [-0.15, -0.1) is 17.9 Å². The van der Waals surface area contributed by atoms with E-state index in [0.717, 1.165) is 21.1 Å². The molecule has 0 atom stereocenters.